The van der Waals surface area contributed by atoms with Crippen LogP contribution in [0.5, 0.6) is 0 Å². The van der Waals surface area contributed by atoms with Crippen molar-refractivity contribution in [2.75, 3.05) is 23.4 Å². The number of thiazole rings is 1. The first-order valence-corrected chi connectivity index (χ1v) is 10.3. The summed E-state index contributed by atoms with van der Waals surface area (Å²) in [5.74, 6) is -1.28. The number of amides is 2. The number of carbonyl (C=O) groups excluding carboxylic acids is 3. The Morgan fingerprint density at radius 2 is 2.14 bits per heavy atom. The molecule has 7 nitrogen and oxygen atoms in total. The number of nitrogens with zero attached hydrogens (tertiary/aromatic N) is 2. The molecule has 1 aromatic carbocycles. The zero-order chi connectivity index (χ0) is 19.7. The average molecular weight is 399 g/mol. The number of hydrogen-bond acceptors (Lipinski definition) is 6. The lowest BCUT2D eigenvalue weighted by molar-refractivity contribution is -0.122. The van der Waals surface area contributed by atoms with E-state index in [1.54, 1.807) is 17.2 Å². The third kappa shape index (κ3) is 3.64. The number of esters is 1. The van der Waals surface area contributed by atoms with Crippen molar-refractivity contribution >= 4 is 39.9 Å². The number of carbonyl (C=O) groups is 3. The van der Waals surface area contributed by atoms with Crippen molar-refractivity contribution in [3.63, 3.8) is 0 Å². The molecule has 146 valence electrons. The number of ether oxygens (including phenoxy) is 1. The maximum Gasteiger partial charge on any atom is 0.357 e. The minimum absolute atomic E-state index is 0.0514. The van der Waals surface area contributed by atoms with Crippen LogP contribution in [0, 0.1) is 5.92 Å². The Kier molecular flexibility index (Phi) is 5.13. The Labute approximate surface area is 166 Å². The summed E-state index contributed by atoms with van der Waals surface area (Å²) >= 11 is 1.16. The quantitative estimate of drug-likeness (QED) is 0.781. The Morgan fingerprint density at radius 3 is 2.96 bits per heavy atom. The molecule has 8 heteroatoms. The van der Waals surface area contributed by atoms with Gasteiger partial charge in [-0.1, -0.05) is 6.07 Å². The van der Waals surface area contributed by atoms with E-state index in [4.69, 9.17) is 4.74 Å². The van der Waals surface area contributed by atoms with Gasteiger partial charge in [0.1, 0.15) is 0 Å². The summed E-state index contributed by atoms with van der Waals surface area (Å²) in [7, 11) is 0. The molecule has 0 saturated carbocycles. The van der Waals surface area contributed by atoms with Gasteiger partial charge in [-0.2, -0.15) is 0 Å². The second-order valence-electron chi connectivity index (χ2n) is 6.96. The Morgan fingerprint density at radius 1 is 1.32 bits per heavy atom. The molecule has 1 unspecified atom stereocenters. The Hall–Kier alpha value is -2.74. The van der Waals surface area contributed by atoms with E-state index >= 15 is 0 Å². The maximum absolute atomic E-state index is 12.6. The van der Waals surface area contributed by atoms with Crippen LogP contribution >= 0.6 is 11.3 Å². The average Bonchev–Trinajstić information content (AvgIpc) is 3.40. The van der Waals surface area contributed by atoms with Gasteiger partial charge in [0.15, 0.2) is 10.8 Å². The highest BCUT2D eigenvalue weighted by Crippen LogP contribution is 2.31. The predicted molar refractivity (Wildman–Crippen MR) is 106 cm³/mol. The summed E-state index contributed by atoms with van der Waals surface area (Å²) in [6, 6.07) is 6.13. The van der Waals surface area contributed by atoms with Crippen molar-refractivity contribution in [2.45, 2.75) is 32.6 Å². The largest absolute Gasteiger partial charge is 0.461 e. The van der Waals surface area contributed by atoms with E-state index in [0.717, 1.165) is 36.3 Å². The molecular formula is C20H21N3O4S. The minimum atomic E-state index is -0.516. The van der Waals surface area contributed by atoms with E-state index < -0.39 is 11.9 Å². The van der Waals surface area contributed by atoms with Crippen LogP contribution in [0.15, 0.2) is 23.6 Å². The standard InChI is InChI=1S/C20H21N3O4S/c1-2-27-19(26)16-11-28-20(21-16)22-18(25)14-9-17(24)23(10-14)15-7-6-12-4-3-5-13(12)8-15/h6-8,11,14H,2-5,9-10H2,1H3,(H,21,22,25). The number of fused-ring (bicyclic) bond motifs is 1. The van der Waals surface area contributed by atoms with Gasteiger partial charge in [0.2, 0.25) is 11.8 Å². The zero-order valence-corrected chi connectivity index (χ0v) is 16.4. The molecule has 2 heterocycles. The molecule has 2 amide bonds. The summed E-state index contributed by atoms with van der Waals surface area (Å²) in [5, 5.41) is 4.59. The minimum Gasteiger partial charge on any atom is -0.461 e. The number of benzene rings is 1. The van der Waals surface area contributed by atoms with Crippen molar-refractivity contribution in [2.24, 2.45) is 5.92 Å². The highest BCUT2D eigenvalue weighted by molar-refractivity contribution is 7.14. The van der Waals surface area contributed by atoms with E-state index in [-0.39, 0.29) is 30.5 Å². The first-order chi connectivity index (χ1) is 13.5. The van der Waals surface area contributed by atoms with Gasteiger partial charge >= 0.3 is 5.97 Å². The molecule has 1 N–H and O–H groups in total. The van der Waals surface area contributed by atoms with Crippen molar-refractivity contribution < 1.29 is 19.1 Å². The van der Waals surface area contributed by atoms with Crippen LogP contribution in [0.25, 0.3) is 0 Å². The van der Waals surface area contributed by atoms with Crippen LogP contribution in [-0.2, 0) is 27.2 Å². The first kappa shape index (κ1) is 18.6. The van der Waals surface area contributed by atoms with E-state index in [1.807, 2.05) is 6.07 Å². The monoisotopic (exact) mass is 399 g/mol. The molecule has 28 heavy (non-hydrogen) atoms. The smallest absolute Gasteiger partial charge is 0.357 e. The van der Waals surface area contributed by atoms with E-state index in [0.29, 0.717) is 11.7 Å². The molecular weight excluding hydrogens is 378 g/mol. The van der Waals surface area contributed by atoms with E-state index in [9.17, 15) is 14.4 Å². The van der Waals surface area contributed by atoms with E-state index in [1.165, 1.54) is 11.1 Å². The topological polar surface area (TPSA) is 88.6 Å². The van der Waals surface area contributed by atoms with Crippen LogP contribution in [0.3, 0.4) is 0 Å². The molecule has 4 rings (SSSR count). The number of anilines is 2. The van der Waals surface area contributed by atoms with Crippen molar-refractivity contribution in [3.8, 4) is 0 Å². The fourth-order valence-electron chi connectivity index (χ4n) is 3.70. The number of nitrogens with one attached hydrogen (secondary N) is 1. The summed E-state index contributed by atoms with van der Waals surface area (Å²) in [4.78, 5) is 42.5. The summed E-state index contributed by atoms with van der Waals surface area (Å²) in [6.45, 7) is 2.33. The molecule has 0 bridgehead atoms. The lowest BCUT2D eigenvalue weighted by atomic mass is 10.1. The molecule has 1 saturated heterocycles. The van der Waals surface area contributed by atoms with Crippen LogP contribution in [0.2, 0.25) is 0 Å². The fourth-order valence-corrected chi connectivity index (χ4v) is 4.38. The highest BCUT2D eigenvalue weighted by Gasteiger charge is 2.35. The molecule has 1 aliphatic carbocycles. The zero-order valence-electron chi connectivity index (χ0n) is 15.6. The molecule has 0 spiro atoms. The van der Waals surface area contributed by atoms with Gasteiger partial charge in [-0.25, -0.2) is 9.78 Å². The van der Waals surface area contributed by atoms with Gasteiger partial charge < -0.3 is 15.0 Å². The number of rotatable bonds is 5. The van der Waals surface area contributed by atoms with Crippen LogP contribution < -0.4 is 10.2 Å². The normalized spacial score (nSPS) is 18.2. The molecule has 1 atom stereocenters. The van der Waals surface area contributed by atoms with E-state index in [2.05, 4.69) is 22.4 Å². The van der Waals surface area contributed by atoms with Gasteiger partial charge in [-0.3, -0.25) is 9.59 Å². The molecule has 1 aliphatic heterocycles. The van der Waals surface area contributed by atoms with Crippen molar-refractivity contribution in [1.82, 2.24) is 4.98 Å². The molecule has 1 aromatic heterocycles. The summed E-state index contributed by atoms with van der Waals surface area (Å²) in [5.41, 5.74) is 3.68. The van der Waals surface area contributed by atoms with Crippen LogP contribution in [0.1, 0.15) is 41.4 Å². The Balaban J connectivity index is 1.41. The summed E-state index contributed by atoms with van der Waals surface area (Å²) in [6.07, 6.45) is 3.45. The third-order valence-corrected chi connectivity index (χ3v) is 5.87. The SMILES string of the molecule is CCOC(=O)c1csc(NC(=O)C2CC(=O)N(c3ccc4c(c3)CCC4)C2)n1. The molecule has 0 radical (unpaired) electrons. The van der Waals surface area contributed by atoms with Gasteiger partial charge in [-0.15, -0.1) is 11.3 Å². The summed E-state index contributed by atoms with van der Waals surface area (Å²) < 4.78 is 4.90. The van der Waals surface area contributed by atoms with Gasteiger partial charge in [0.25, 0.3) is 0 Å². The molecule has 1 fully saturated rings. The third-order valence-electron chi connectivity index (χ3n) is 5.11. The second-order valence-corrected chi connectivity index (χ2v) is 7.82. The second kappa shape index (κ2) is 7.71. The molecule has 2 aromatic rings. The number of aromatic nitrogens is 1. The number of hydrogen-bond donors (Lipinski definition) is 1. The van der Waals surface area contributed by atoms with Crippen molar-refractivity contribution in [1.29, 1.82) is 0 Å². The van der Waals surface area contributed by atoms with Crippen LogP contribution in [-0.4, -0.2) is 35.9 Å². The predicted octanol–water partition coefficient (Wildman–Crippen LogP) is 2.80. The van der Waals surface area contributed by atoms with Gasteiger partial charge in [0, 0.05) is 24.0 Å². The lowest BCUT2D eigenvalue weighted by Gasteiger charge is -2.17. The number of aryl methyl sites for hydroxylation is 2. The van der Waals surface area contributed by atoms with Crippen LogP contribution in [0.4, 0.5) is 10.8 Å². The first-order valence-electron chi connectivity index (χ1n) is 9.41. The van der Waals surface area contributed by atoms with Crippen molar-refractivity contribution in [3.05, 3.63) is 40.4 Å². The van der Waals surface area contributed by atoms with Gasteiger partial charge in [-0.05, 0) is 49.4 Å². The maximum atomic E-state index is 12.6. The Bertz CT molecular complexity index is 939. The highest BCUT2D eigenvalue weighted by atomic mass is 32.1. The molecule has 2 aliphatic rings. The lowest BCUT2D eigenvalue weighted by Crippen LogP contribution is -2.28. The van der Waals surface area contributed by atoms with Gasteiger partial charge in [0.05, 0.1) is 12.5 Å². The fraction of sp³-hybridized carbons (Fsp3) is 0.400.